The first-order valence-corrected chi connectivity index (χ1v) is 5.90. The SMILES string of the molecule is CCCC(CC1CC1)C1CCC1. The van der Waals surface area contributed by atoms with Crippen molar-refractivity contribution >= 4 is 0 Å². The summed E-state index contributed by atoms with van der Waals surface area (Å²) in [6.45, 7) is 2.35. The van der Waals surface area contributed by atoms with Crippen molar-refractivity contribution in [3.05, 3.63) is 0 Å². The maximum atomic E-state index is 2.35. The molecule has 1 atom stereocenters. The average Bonchev–Trinajstić information content (AvgIpc) is 2.68. The first-order chi connectivity index (χ1) is 5.90. The van der Waals surface area contributed by atoms with Gasteiger partial charge in [-0.1, -0.05) is 51.9 Å². The van der Waals surface area contributed by atoms with Crippen molar-refractivity contribution in [1.29, 1.82) is 0 Å². The minimum Gasteiger partial charge on any atom is -0.0654 e. The summed E-state index contributed by atoms with van der Waals surface area (Å²) >= 11 is 0. The van der Waals surface area contributed by atoms with E-state index in [1.165, 1.54) is 19.3 Å². The van der Waals surface area contributed by atoms with Crippen LogP contribution < -0.4 is 0 Å². The molecule has 0 aromatic heterocycles. The molecule has 0 amide bonds. The van der Waals surface area contributed by atoms with Crippen LogP contribution >= 0.6 is 0 Å². The number of rotatable bonds is 5. The van der Waals surface area contributed by atoms with Crippen molar-refractivity contribution in [3.8, 4) is 0 Å². The summed E-state index contributed by atoms with van der Waals surface area (Å²) in [4.78, 5) is 0. The third kappa shape index (κ3) is 2.02. The van der Waals surface area contributed by atoms with Crippen LogP contribution in [0.2, 0.25) is 0 Å². The monoisotopic (exact) mass is 166 g/mol. The second-order valence-electron chi connectivity index (χ2n) is 4.92. The Hall–Kier alpha value is 0. The van der Waals surface area contributed by atoms with E-state index in [0.717, 1.165) is 17.8 Å². The van der Waals surface area contributed by atoms with Crippen molar-refractivity contribution in [2.45, 2.75) is 58.3 Å². The van der Waals surface area contributed by atoms with E-state index < -0.39 is 0 Å². The van der Waals surface area contributed by atoms with Gasteiger partial charge >= 0.3 is 0 Å². The highest BCUT2D eigenvalue weighted by Crippen LogP contribution is 2.44. The van der Waals surface area contributed by atoms with Crippen molar-refractivity contribution < 1.29 is 0 Å². The minimum absolute atomic E-state index is 1.12. The van der Waals surface area contributed by atoms with Crippen molar-refractivity contribution in [1.82, 2.24) is 0 Å². The van der Waals surface area contributed by atoms with Gasteiger partial charge < -0.3 is 0 Å². The van der Waals surface area contributed by atoms with E-state index in [1.807, 2.05) is 0 Å². The zero-order chi connectivity index (χ0) is 8.39. The van der Waals surface area contributed by atoms with Gasteiger partial charge in [0.2, 0.25) is 0 Å². The predicted molar refractivity (Wildman–Crippen MR) is 53.1 cm³/mol. The van der Waals surface area contributed by atoms with Gasteiger partial charge in [0.15, 0.2) is 0 Å². The Bertz CT molecular complexity index is 131. The molecule has 0 nitrogen and oxygen atoms in total. The molecule has 2 aliphatic rings. The van der Waals surface area contributed by atoms with Crippen LogP contribution in [0.25, 0.3) is 0 Å². The fourth-order valence-corrected chi connectivity index (χ4v) is 2.61. The Morgan fingerprint density at radius 1 is 1.17 bits per heavy atom. The third-order valence-electron chi connectivity index (χ3n) is 3.81. The molecule has 70 valence electrons. The van der Waals surface area contributed by atoms with Gasteiger partial charge in [-0.3, -0.25) is 0 Å². The molecule has 2 rings (SSSR count). The second kappa shape index (κ2) is 3.81. The van der Waals surface area contributed by atoms with Crippen LogP contribution in [0.1, 0.15) is 58.3 Å². The molecule has 0 aromatic carbocycles. The Morgan fingerprint density at radius 3 is 2.33 bits per heavy atom. The standard InChI is InChI=1S/C12H22/c1-2-4-12(9-10-7-8-10)11-5-3-6-11/h10-12H,2-9H2,1H3. The first kappa shape index (κ1) is 8.59. The lowest BCUT2D eigenvalue weighted by Crippen LogP contribution is -2.22. The molecule has 0 aromatic rings. The Balaban J connectivity index is 1.74. The molecule has 0 spiro atoms. The smallest absolute Gasteiger partial charge is 0.0383 e. The Labute approximate surface area is 76.7 Å². The maximum absolute atomic E-state index is 2.35. The molecule has 12 heavy (non-hydrogen) atoms. The molecule has 2 aliphatic carbocycles. The zero-order valence-electron chi connectivity index (χ0n) is 8.39. The number of hydrogen-bond donors (Lipinski definition) is 0. The van der Waals surface area contributed by atoms with Gasteiger partial charge in [0.1, 0.15) is 0 Å². The first-order valence-electron chi connectivity index (χ1n) is 5.90. The lowest BCUT2D eigenvalue weighted by atomic mass is 9.72. The van der Waals surface area contributed by atoms with Gasteiger partial charge in [-0.2, -0.15) is 0 Å². The second-order valence-corrected chi connectivity index (χ2v) is 4.92. The maximum Gasteiger partial charge on any atom is -0.0383 e. The molecule has 0 bridgehead atoms. The van der Waals surface area contributed by atoms with Crippen LogP contribution in [0.15, 0.2) is 0 Å². The van der Waals surface area contributed by atoms with Gasteiger partial charge in [-0.25, -0.2) is 0 Å². The molecule has 0 N–H and O–H groups in total. The van der Waals surface area contributed by atoms with Gasteiger partial charge in [0.05, 0.1) is 0 Å². The summed E-state index contributed by atoms with van der Waals surface area (Å²) in [7, 11) is 0. The largest absolute Gasteiger partial charge is 0.0654 e. The van der Waals surface area contributed by atoms with Crippen molar-refractivity contribution in [3.63, 3.8) is 0 Å². The highest BCUT2D eigenvalue weighted by molar-refractivity contribution is 4.83. The van der Waals surface area contributed by atoms with Gasteiger partial charge in [-0.05, 0) is 24.2 Å². The van der Waals surface area contributed by atoms with E-state index in [0.29, 0.717) is 0 Å². The molecule has 0 heteroatoms. The summed E-state index contributed by atoms with van der Waals surface area (Å²) in [5.41, 5.74) is 0. The molecule has 2 fully saturated rings. The minimum atomic E-state index is 1.12. The average molecular weight is 166 g/mol. The van der Waals surface area contributed by atoms with Crippen molar-refractivity contribution in [2.75, 3.05) is 0 Å². The zero-order valence-corrected chi connectivity index (χ0v) is 8.39. The fourth-order valence-electron chi connectivity index (χ4n) is 2.61. The van der Waals surface area contributed by atoms with Crippen LogP contribution in [0.3, 0.4) is 0 Å². The van der Waals surface area contributed by atoms with E-state index in [9.17, 15) is 0 Å². The van der Waals surface area contributed by atoms with E-state index in [1.54, 1.807) is 32.1 Å². The molecule has 2 saturated carbocycles. The Morgan fingerprint density at radius 2 is 1.92 bits per heavy atom. The van der Waals surface area contributed by atoms with Gasteiger partial charge in [0.25, 0.3) is 0 Å². The molecule has 0 saturated heterocycles. The lowest BCUT2D eigenvalue weighted by Gasteiger charge is -2.34. The highest BCUT2D eigenvalue weighted by Gasteiger charge is 2.31. The third-order valence-corrected chi connectivity index (χ3v) is 3.81. The van der Waals surface area contributed by atoms with E-state index >= 15 is 0 Å². The van der Waals surface area contributed by atoms with Crippen LogP contribution in [0.5, 0.6) is 0 Å². The summed E-state index contributed by atoms with van der Waals surface area (Å²) in [6, 6.07) is 0. The summed E-state index contributed by atoms with van der Waals surface area (Å²) in [6.07, 6.45) is 12.2. The summed E-state index contributed by atoms with van der Waals surface area (Å²) in [5.74, 6) is 3.42. The van der Waals surface area contributed by atoms with E-state index in [2.05, 4.69) is 6.92 Å². The highest BCUT2D eigenvalue weighted by atomic mass is 14.4. The van der Waals surface area contributed by atoms with Crippen LogP contribution in [0.4, 0.5) is 0 Å². The molecular weight excluding hydrogens is 144 g/mol. The molecule has 0 aliphatic heterocycles. The summed E-state index contributed by atoms with van der Waals surface area (Å²) < 4.78 is 0. The Kier molecular flexibility index (Phi) is 2.73. The molecular formula is C12H22. The summed E-state index contributed by atoms with van der Waals surface area (Å²) in [5, 5.41) is 0. The fraction of sp³-hybridized carbons (Fsp3) is 1.00. The van der Waals surface area contributed by atoms with Gasteiger partial charge in [-0.15, -0.1) is 0 Å². The van der Waals surface area contributed by atoms with Gasteiger partial charge in [0, 0.05) is 0 Å². The lowest BCUT2D eigenvalue weighted by molar-refractivity contribution is 0.178. The molecule has 1 unspecified atom stereocenters. The molecule has 0 heterocycles. The van der Waals surface area contributed by atoms with Crippen LogP contribution in [-0.4, -0.2) is 0 Å². The van der Waals surface area contributed by atoms with E-state index in [-0.39, 0.29) is 0 Å². The van der Waals surface area contributed by atoms with Crippen LogP contribution in [0, 0.1) is 17.8 Å². The topological polar surface area (TPSA) is 0 Å². The quantitative estimate of drug-likeness (QED) is 0.579. The molecule has 0 radical (unpaired) electrons. The normalized spacial score (nSPS) is 26.8. The van der Waals surface area contributed by atoms with Crippen LogP contribution in [-0.2, 0) is 0 Å². The predicted octanol–water partition coefficient (Wildman–Crippen LogP) is 4.00. The van der Waals surface area contributed by atoms with Crippen molar-refractivity contribution in [2.24, 2.45) is 17.8 Å². The van der Waals surface area contributed by atoms with E-state index in [4.69, 9.17) is 0 Å². The number of hydrogen-bond acceptors (Lipinski definition) is 0.